The zero-order valence-corrected chi connectivity index (χ0v) is 18.0. The summed E-state index contributed by atoms with van der Waals surface area (Å²) in [6, 6.07) is 18.3. The first-order chi connectivity index (χ1) is 16.1. The van der Waals surface area contributed by atoms with Gasteiger partial charge in [-0.15, -0.1) is 0 Å². The Morgan fingerprint density at radius 1 is 0.970 bits per heavy atom. The van der Waals surface area contributed by atoms with E-state index in [1.165, 1.54) is 35.4 Å². The zero-order valence-electron chi connectivity index (χ0n) is 18.0. The summed E-state index contributed by atoms with van der Waals surface area (Å²) in [5.74, 6) is -1.14. The van der Waals surface area contributed by atoms with Crippen molar-refractivity contribution in [3.63, 3.8) is 0 Å². The van der Waals surface area contributed by atoms with E-state index in [2.05, 4.69) is 21.7 Å². The topological polar surface area (TPSA) is 74.0 Å². The van der Waals surface area contributed by atoms with Gasteiger partial charge < -0.3 is 15.6 Å². The minimum Gasteiger partial charge on any atom is -0.361 e. The predicted octanol–water partition coefficient (Wildman–Crippen LogP) is 4.78. The third-order valence-electron chi connectivity index (χ3n) is 6.19. The van der Waals surface area contributed by atoms with Gasteiger partial charge >= 0.3 is 0 Å². The van der Waals surface area contributed by atoms with Gasteiger partial charge in [-0.25, -0.2) is 4.39 Å². The highest BCUT2D eigenvalue weighted by molar-refractivity contribution is 6.01. The number of aryl methyl sites for hydroxylation is 2. The maximum Gasteiger partial charge on any atom is 0.251 e. The fourth-order valence-corrected chi connectivity index (χ4v) is 4.45. The van der Waals surface area contributed by atoms with Gasteiger partial charge in [0.25, 0.3) is 5.91 Å². The second kappa shape index (κ2) is 8.90. The number of benzene rings is 3. The monoisotopic (exact) mass is 441 g/mol. The molecular formula is C27H24FN3O2. The number of anilines is 1. The molecule has 5 rings (SSSR count). The number of aromatic nitrogens is 1. The number of rotatable bonds is 6. The first-order valence-corrected chi connectivity index (χ1v) is 11.1. The van der Waals surface area contributed by atoms with E-state index in [4.69, 9.17) is 0 Å². The lowest BCUT2D eigenvalue weighted by atomic mass is 10.0. The van der Waals surface area contributed by atoms with E-state index >= 15 is 0 Å². The second-order valence-electron chi connectivity index (χ2n) is 8.42. The summed E-state index contributed by atoms with van der Waals surface area (Å²) in [7, 11) is 0. The molecule has 5 nitrogen and oxygen atoms in total. The average Bonchev–Trinajstić information content (AvgIpc) is 3.46. The zero-order chi connectivity index (χ0) is 22.8. The molecule has 1 aliphatic carbocycles. The van der Waals surface area contributed by atoms with Gasteiger partial charge in [0.15, 0.2) is 0 Å². The van der Waals surface area contributed by atoms with Crippen molar-refractivity contribution in [1.82, 2.24) is 10.3 Å². The van der Waals surface area contributed by atoms with E-state index < -0.39 is 17.8 Å². The molecule has 0 unspecified atom stereocenters. The molecular weight excluding hydrogens is 417 g/mol. The Kier molecular flexibility index (Phi) is 5.65. The molecule has 3 aromatic carbocycles. The number of hydrogen-bond donors (Lipinski definition) is 3. The van der Waals surface area contributed by atoms with Crippen molar-refractivity contribution in [2.24, 2.45) is 0 Å². The maximum absolute atomic E-state index is 13.3. The second-order valence-corrected chi connectivity index (χ2v) is 8.42. The number of aromatic amines is 1. The standard InChI is InChI=1S/C27H24FN3O2/c28-21-11-8-18(9-12-21)26(32)31-25(15-20-16-29-24-7-2-1-6-23(20)24)27(33)30-22-13-10-17-4-3-5-19(17)14-22/h1-2,6-14,16,25,29H,3-5,15H2,(H,30,33)(H,31,32)/t25-/m1/s1. The molecule has 0 saturated heterocycles. The Hall–Kier alpha value is -3.93. The Bertz CT molecular complexity index is 1330. The minimum atomic E-state index is -0.810. The molecule has 1 aromatic heterocycles. The summed E-state index contributed by atoms with van der Waals surface area (Å²) in [4.78, 5) is 29.4. The largest absolute Gasteiger partial charge is 0.361 e. The molecule has 0 saturated carbocycles. The molecule has 4 aromatic rings. The van der Waals surface area contributed by atoms with Crippen LogP contribution < -0.4 is 10.6 Å². The molecule has 2 amide bonds. The van der Waals surface area contributed by atoms with Crippen molar-refractivity contribution in [2.75, 3.05) is 5.32 Å². The number of hydrogen-bond acceptors (Lipinski definition) is 2. The van der Waals surface area contributed by atoms with Crippen molar-refractivity contribution < 1.29 is 14.0 Å². The molecule has 0 fully saturated rings. The van der Waals surface area contributed by atoms with Crippen molar-refractivity contribution in [3.8, 4) is 0 Å². The Labute approximate surface area is 191 Å². The Morgan fingerprint density at radius 3 is 2.61 bits per heavy atom. The molecule has 0 bridgehead atoms. The van der Waals surface area contributed by atoms with Gasteiger partial charge in [-0.3, -0.25) is 9.59 Å². The number of carbonyl (C=O) groups is 2. The van der Waals surface area contributed by atoms with Gasteiger partial charge in [-0.2, -0.15) is 0 Å². The van der Waals surface area contributed by atoms with Crippen molar-refractivity contribution in [2.45, 2.75) is 31.7 Å². The molecule has 6 heteroatoms. The molecule has 33 heavy (non-hydrogen) atoms. The van der Waals surface area contributed by atoms with Crippen LogP contribution in [0.1, 0.15) is 33.5 Å². The maximum atomic E-state index is 13.3. The van der Waals surface area contributed by atoms with Gasteiger partial charge in [-0.1, -0.05) is 24.3 Å². The lowest BCUT2D eigenvalue weighted by molar-refractivity contribution is -0.118. The summed E-state index contributed by atoms with van der Waals surface area (Å²) in [6.07, 6.45) is 5.39. The third kappa shape index (κ3) is 4.51. The van der Waals surface area contributed by atoms with E-state index in [-0.39, 0.29) is 5.91 Å². The third-order valence-corrected chi connectivity index (χ3v) is 6.19. The number of amides is 2. The Morgan fingerprint density at radius 2 is 1.76 bits per heavy atom. The molecule has 1 heterocycles. The first-order valence-electron chi connectivity index (χ1n) is 11.1. The highest BCUT2D eigenvalue weighted by Gasteiger charge is 2.24. The molecule has 1 atom stereocenters. The van der Waals surface area contributed by atoms with E-state index in [1.807, 2.05) is 42.6 Å². The summed E-state index contributed by atoms with van der Waals surface area (Å²) in [5, 5.41) is 6.82. The highest BCUT2D eigenvalue weighted by Crippen LogP contribution is 2.25. The summed E-state index contributed by atoms with van der Waals surface area (Å²) in [6.45, 7) is 0. The van der Waals surface area contributed by atoms with Crippen LogP contribution in [0.3, 0.4) is 0 Å². The number of nitrogens with one attached hydrogen (secondary N) is 3. The molecule has 1 aliphatic rings. The lowest BCUT2D eigenvalue weighted by Gasteiger charge is -2.19. The molecule has 3 N–H and O–H groups in total. The van der Waals surface area contributed by atoms with Gasteiger partial charge in [-0.05, 0) is 78.4 Å². The number of fused-ring (bicyclic) bond motifs is 2. The van der Waals surface area contributed by atoms with Gasteiger partial charge in [0, 0.05) is 34.8 Å². The lowest BCUT2D eigenvalue weighted by Crippen LogP contribution is -2.45. The number of halogens is 1. The SMILES string of the molecule is O=C(N[C@H](Cc1c[nH]c2ccccc12)C(=O)Nc1ccc2c(c1)CCC2)c1ccc(F)cc1. The fraction of sp³-hybridized carbons (Fsp3) is 0.185. The van der Waals surface area contributed by atoms with Crippen LogP contribution >= 0.6 is 0 Å². The van der Waals surface area contributed by atoms with Crippen molar-refractivity contribution in [3.05, 3.63) is 101 Å². The summed E-state index contributed by atoms with van der Waals surface area (Å²) in [5.41, 5.74) is 5.50. The van der Waals surface area contributed by atoms with Gasteiger partial charge in [0.2, 0.25) is 5.91 Å². The number of para-hydroxylation sites is 1. The highest BCUT2D eigenvalue weighted by atomic mass is 19.1. The minimum absolute atomic E-state index is 0.297. The van der Waals surface area contributed by atoms with E-state index in [1.54, 1.807) is 0 Å². The van der Waals surface area contributed by atoms with E-state index in [0.29, 0.717) is 12.0 Å². The smallest absolute Gasteiger partial charge is 0.251 e. The van der Waals surface area contributed by atoms with Crippen LogP contribution in [0.15, 0.2) is 72.9 Å². The van der Waals surface area contributed by atoms with Crippen LogP contribution in [0.4, 0.5) is 10.1 Å². The number of carbonyl (C=O) groups excluding carboxylic acids is 2. The van der Waals surface area contributed by atoms with Gasteiger partial charge in [0.05, 0.1) is 0 Å². The molecule has 0 spiro atoms. The van der Waals surface area contributed by atoms with Crippen LogP contribution in [0, 0.1) is 5.82 Å². The molecule has 0 radical (unpaired) electrons. The molecule has 166 valence electrons. The number of H-pyrrole nitrogens is 1. The fourth-order valence-electron chi connectivity index (χ4n) is 4.45. The van der Waals surface area contributed by atoms with Crippen LogP contribution in [0.2, 0.25) is 0 Å². The van der Waals surface area contributed by atoms with Crippen molar-refractivity contribution >= 4 is 28.4 Å². The van der Waals surface area contributed by atoms with Crippen LogP contribution in [-0.4, -0.2) is 22.8 Å². The predicted molar refractivity (Wildman–Crippen MR) is 127 cm³/mol. The van der Waals surface area contributed by atoms with E-state index in [9.17, 15) is 14.0 Å². The van der Waals surface area contributed by atoms with Crippen LogP contribution in [-0.2, 0) is 24.1 Å². The first kappa shape index (κ1) is 20.9. The van der Waals surface area contributed by atoms with Crippen LogP contribution in [0.5, 0.6) is 0 Å². The quantitative estimate of drug-likeness (QED) is 0.403. The van der Waals surface area contributed by atoms with Gasteiger partial charge in [0.1, 0.15) is 11.9 Å². The molecule has 0 aliphatic heterocycles. The van der Waals surface area contributed by atoms with Crippen LogP contribution in [0.25, 0.3) is 10.9 Å². The average molecular weight is 442 g/mol. The summed E-state index contributed by atoms with van der Waals surface area (Å²) >= 11 is 0. The van der Waals surface area contributed by atoms with Crippen molar-refractivity contribution in [1.29, 1.82) is 0 Å². The van der Waals surface area contributed by atoms with E-state index in [0.717, 1.165) is 41.4 Å². The summed E-state index contributed by atoms with van der Waals surface area (Å²) < 4.78 is 13.3. The Balaban J connectivity index is 1.40. The normalized spacial score (nSPS) is 13.5.